The minimum atomic E-state index is -4.47. The van der Waals surface area contributed by atoms with Gasteiger partial charge < -0.3 is 4.74 Å². The Morgan fingerprint density at radius 3 is 2.58 bits per heavy atom. The van der Waals surface area contributed by atoms with Crippen molar-refractivity contribution >= 4 is 49.0 Å². The van der Waals surface area contributed by atoms with E-state index < -0.39 is 32.3 Å². The van der Waals surface area contributed by atoms with E-state index >= 15 is 4.39 Å². The van der Waals surface area contributed by atoms with Crippen molar-refractivity contribution in [1.29, 1.82) is 0 Å². The first-order valence-electron chi connectivity index (χ1n) is 10.2. The molecule has 3 heterocycles. The molecule has 7 nitrogen and oxygen atoms in total. The molecule has 0 bridgehead atoms. The van der Waals surface area contributed by atoms with Crippen LogP contribution in [0.2, 0.25) is 5.02 Å². The van der Waals surface area contributed by atoms with Gasteiger partial charge in [-0.3, -0.25) is 9.12 Å². The summed E-state index contributed by atoms with van der Waals surface area (Å²) in [6.07, 6.45) is 4.72. The minimum Gasteiger partial charge on any atom is -0.453 e. The van der Waals surface area contributed by atoms with Crippen LogP contribution >= 0.6 is 27.5 Å². The second kappa shape index (κ2) is 9.49. The average molecular weight is 592 g/mol. The summed E-state index contributed by atoms with van der Waals surface area (Å²) in [7, 11) is -4.47. The predicted molar refractivity (Wildman–Crippen MR) is 135 cm³/mol. The molecular weight excluding hydrogens is 578 g/mol. The van der Waals surface area contributed by atoms with Crippen molar-refractivity contribution in [2.75, 3.05) is 4.72 Å². The van der Waals surface area contributed by atoms with Crippen LogP contribution in [0.1, 0.15) is 0 Å². The van der Waals surface area contributed by atoms with E-state index in [0.29, 0.717) is 38.5 Å². The Labute approximate surface area is 217 Å². The minimum absolute atomic E-state index is 0.0576. The molecule has 0 unspecified atom stereocenters. The fraction of sp³-hybridized carbons (Fsp3) is 0. The van der Waals surface area contributed by atoms with Gasteiger partial charge in [0.25, 0.3) is 10.0 Å². The molecule has 182 valence electrons. The number of hydrogen-bond acceptors (Lipinski definition) is 5. The van der Waals surface area contributed by atoms with Crippen LogP contribution < -0.4 is 9.46 Å². The number of pyridine rings is 2. The number of aromatic nitrogens is 3. The van der Waals surface area contributed by atoms with Gasteiger partial charge >= 0.3 is 0 Å². The van der Waals surface area contributed by atoms with Crippen LogP contribution in [0.4, 0.5) is 14.6 Å². The fourth-order valence-corrected chi connectivity index (χ4v) is 4.99. The lowest BCUT2D eigenvalue weighted by Gasteiger charge is -2.15. The molecule has 36 heavy (non-hydrogen) atoms. The summed E-state index contributed by atoms with van der Waals surface area (Å²) in [4.78, 5) is 7.23. The third-order valence-electron chi connectivity index (χ3n) is 5.11. The van der Waals surface area contributed by atoms with E-state index in [4.69, 9.17) is 16.3 Å². The smallest absolute Gasteiger partial charge is 0.266 e. The third kappa shape index (κ3) is 4.77. The van der Waals surface area contributed by atoms with E-state index in [9.17, 15) is 12.8 Å². The Kier molecular flexibility index (Phi) is 6.37. The molecule has 0 aliphatic heterocycles. The highest BCUT2D eigenvalue weighted by atomic mass is 79.9. The summed E-state index contributed by atoms with van der Waals surface area (Å²) in [6, 6.07) is 14.2. The Balaban J connectivity index is 1.51. The third-order valence-corrected chi connectivity index (χ3v) is 7.18. The van der Waals surface area contributed by atoms with E-state index in [0.717, 1.165) is 0 Å². The van der Waals surface area contributed by atoms with Gasteiger partial charge in [-0.15, -0.1) is 0 Å². The largest absolute Gasteiger partial charge is 0.453 e. The summed E-state index contributed by atoms with van der Waals surface area (Å²) < 4.78 is 65.5. The first-order chi connectivity index (χ1) is 17.2. The van der Waals surface area contributed by atoms with Crippen LogP contribution in [0.15, 0.2) is 88.6 Å². The summed E-state index contributed by atoms with van der Waals surface area (Å²) in [5.41, 5.74) is 1.80. The lowest BCUT2D eigenvalue weighted by molar-refractivity contribution is 0.433. The Morgan fingerprint density at radius 1 is 0.972 bits per heavy atom. The van der Waals surface area contributed by atoms with E-state index in [2.05, 4.69) is 30.6 Å². The molecule has 0 amide bonds. The van der Waals surface area contributed by atoms with Crippen molar-refractivity contribution in [2.24, 2.45) is 0 Å². The van der Waals surface area contributed by atoms with Crippen LogP contribution in [0.5, 0.6) is 11.5 Å². The highest BCUT2D eigenvalue weighted by Gasteiger charge is 2.24. The van der Waals surface area contributed by atoms with Gasteiger partial charge in [0.1, 0.15) is 27.9 Å². The topological polar surface area (TPSA) is 85.6 Å². The number of rotatable bonds is 6. The van der Waals surface area contributed by atoms with Gasteiger partial charge in [0, 0.05) is 45.8 Å². The Morgan fingerprint density at radius 2 is 1.81 bits per heavy atom. The predicted octanol–water partition coefficient (Wildman–Crippen LogP) is 6.68. The zero-order valence-corrected chi connectivity index (χ0v) is 21.2. The molecule has 0 fully saturated rings. The molecule has 0 saturated heterocycles. The average Bonchev–Trinajstić information content (AvgIpc) is 3.33. The number of nitrogens with one attached hydrogen (secondary N) is 1. The number of nitrogens with zero attached hydrogens (tertiary/aromatic N) is 3. The van der Waals surface area contributed by atoms with E-state index in [1.165, 1.54) is 24.4 Å². The van der Waals surface area contributed by atoms with Crippen molar-refractivity contribution < 1.29 is 21.9 Å². The first-order valence-corrected chi connectivity index (χ1v) is 12.9. The Hall–Kier alpha value is -3.54. The maximum Gasteiger partial charge on any atom is 0.266 e. The quantitative estimate of drug-likeness (QED) is 0.238. The molecule has 0 radical (unpaired) electrons. The second-order valence-corrected chi connectivity index (χ2v) is 10.5. The molecule has 0 spiro atoms. The van der Waals surface area contributed by atoms with Crippen LogP contribution in [0.3, 0.4) is 0 Å². The van der Waals surface area contributed by atoms with Gasteiger partial charge in [0.05, 0.1) is 5.69 Å². The van der Waals surface area contributed by atoms with E-state index in [1.54, 1.807) is 47.1 Å². The molecule has 0 saturated carbocycles. The van der Waals surface area contributed by atoms with Crippen LogP contribution in [0, 0.1) is 11.6 Å². The number of hydrogen-bond donors (Lipinski definition) is 1. The van der Waals surface area contributed by atoms with Crippen LogP contribution in [-0.4, -0.2) is 22.8 Å². The molecule has 3 aromatic heterocycles. The Bertz CT molecular complexity index is 1710. The monoisotopic (exact) mass is 590 g/mol. The molecule has 0 atom stereocenters. The maximum atomic E-state index is 15.0. The van der Waals surface area contributed by atoms with Gasteiger partial charge in [-0.05, 0) is 58.4 Å². The van der Waals surface area contributed by atoms with E-state index in [1.807, 2.05) is 0 Å². The van der Waals surface area contributed by atoms with Crippen molar-refractivity contribution in [3.05, 3.63) is 100 Å². The molecule has 5 aromatic rings. The summed E-state index contributed by atoms with van der Waals surface area (Å²) in [5, 5.41) is 0.398. The van der Waals surface area contributed by atoms with Gasteiger partial charge in [0.15, 0.2) is 11.6 Å². The van der Waals surface area contributed by atoms with Gasteiger partial charge in [-0.1, -0.05) is 17.7 Å². The lowest BCUT2D eigenvalue weighted by Crippen LogP contribution is -2.16. The number of fused-ring (bicyclic) bond motifs is 1. The van der Waals surface area contributed by atoms with Gasteiger partial charge in [-0.25, -0.2) is 27.2 Å². The van der Waals surface area contributed by atoms with E-state index in [-0.39, 0.29) is 11.6 Å². The number of imidazole rings is 1. The van der Waals surface area contributed by atoms with Crippen LogP contribution in [0.25, 0.3) is 16.9 Å². The number of halogens is 4. The summed E-state index contributed by atoms with van der Waals surface area (Å²) in [6.45, 7) is 0. The molecular formula is C24H14BrClF2N4O3S. The molecule has 12 heteroatoms. The zero-order valence-electron chi connectivity index (χ0n) is 18.0. The second-order valence-electron chi connectivity index (χ2n) is 7.49. The standard InChI is InChI=1S/C24H14BrClF2N4O3S/c25-14-4-7-23(30-13-14)31-36(33,34)22-12-17(27)21(11-18(22)28)35-20-6-5-15(26)10-16(20)19-2-1-3-24-29-8-9-32(19)24/h1-13H,(H,30,31). The lowest BCUT2D eigenvalue weighted by atomic mass is 10.1. The molecule has 5 rings (SSSR count). The molecule has 2 aromatic carbocycles. The molecule has 0 aliphatic carbocycles. The number of anilines is 1. The van der Waals surface area contributed by atoms with Gasteiger partial charge in [0.2, 0.25) is 0 Å². The summed E-state index contributed by atoms with van der Waals surface area (Å²) >= 11 is 9.39. The maximum absolute atomic E-state index is 15.0. The number of ether oxygens (including phenoxy) is 1. The molecule has 1 N–H and O–H groups in total. The molecule has 0 aliphatic rings. The normalized spacial score (nSPS) is 11.6. The number of sulfonamides is 1. The van der Waals surface area contributed by atoms with Gasteiger partial charge in [-0.2, -0.15) is 0 Å². The SMILES string of the molecule is O=S(=O)(Nc1ccc(Br)cn1)c1cc(F)c(Oc2ccc(Cl)cc2-c2cccc3nccn23)cc1F. The number of benzene rings is 2. The van der Waals surface area contributed by atoms with Crippen molar-refractivity contribution in [2.45, 2.75) is 4.90 Å². The fourth-order valence-electron chi connectivity index (χ4n) is 3.50. The zero-order chi connectivity index (χ0) is 25.4. The van der Waals surface area contributed by atoms with Crippen LogP contribution in [-0.2, 0) is 10.0 Å². The first kappa shape index (κ1) is 24.2. The van der Waals surface area contributed by atoms with Crippen molar-refractivity contribution in [1.82, 2.24) is 14.4 Å². The highest BCUT2D eigenvalue weighted by molar-refractivity contribution is 9.10. The highest BCUT2D eigenvalue weighted by Crippen LogP contribution is 2.37. The van der Waals surface area contributed by atoms with Crippen molar-refractivity contribution in [3.8, 4) is 22.8 Å². The summed E-state index contributed by atoms with van der Waals surface area (Å²) in [5.74, 6) is -2.68. The van der Waals surface area contributed by atoms with Crippen molar-refractivity contribution in [3.63, 3.8) is 0 Å².